The van der Waals surface area contributed by atoms with Gasteiger partial charge in [-0.15, -0.1) is 12.4 Å². The largest absolute Gasteiger partial charge is 0.493 e. The first-order valence-electron chi connectivity index (χ1n) is 6.09. The minimum Gasteiger partial charge on any atom is -0.493 e. The Balaban J connectivity index is 0.00000180. The van der Waals surface area contributed by atoms with E-state index in [-0.39, 0.29) is 12.4 Å². The fourth-order valence-corrected chi connectivity index (χ4v) is 3.01. The molecular formula is C12H19ClN2O3S. The van der Waals surface area contributed by atoms with Crippen molar-refractivity contribution >= 4 is 22.4 Å². The number of rotatable bonds is 6. The molecule has 0 saturated heterocycles. The number of unbranched alkanes of at least 4 members (excludes halogenated alkanes) is 1. The lowest BCUT2D eigenvalue weighted by Gasteiger charge is -2.07. The summed E-state index contributed by atoms with van der Waals surface area (Å²) < 4.78 is 32.0. The maximum Gasteiger partial charge on any atom is 0.240 e. The topological polar surface area (TPSA) is 81.4 Å². The van der Waals surface area contributed by atoms with Crippen LogP contribution in [0.5, 0.6) is 5.75 Å². The first-order valence-corrected chi connectivity index (χ1v) is 7.57. The highest BCUT2D eigenvalue weighted by Gasteiger charge is 2.18. The third kappa shape index (κ3) is 4.07. The third-order valence-corrected chi connectivity index (χ3v) is 4.35. The van der Waals surface area contributed by atoms with Gasteiger partial charge in [0, 0.05) is 13.0 Å². The predicted molar refractivity (Wildman–Crippen MR) is 76.4 cm³/mol. The summed E-state index contributed by atoms with van der Waals surface area (Å²) in [4.78, 5) is 0.305. The number of hydrogen-bond donors (Lipinski definition) is 2. The molecule has 0 saturated carbocycles. The summed E-state index contributed by atoms with van der Waals surface area (Å²) in [7, 11) is -3.41. The molecule has 1 aromatic rings. The quantitative estimate of drug-likeness (QED) is 0.770. The zero-order chi connectivity index (χ0) is 13.0. The van der Waals surface area contributed by atoms with Crippen molar-refractivity contribution in [2.75, 3.05) is 19.7 Å². The van der Waals surface area contributed by atoms with Gasteiger partial charge in [-0.3, -0.25) is 0 Å². The summed E-state index contributed by atoms with van der Waals surface area (Å²) in [6.45, 7) is 1.63. The van der Waals surface area contributed by atoms with E-state index >= 15 is 0 Å². The van der Waals surface area contributed by atoms with E-state index in [0.29, 0.717) is 24.6 Å². The summed E-state index contributed by atoms with van der Waals surface area (Å²) in [6, 6.07) is 4.99. The van der Waals surface area contributed by atoms with E-state index in [9.17, 15) is 8.42 Å². The third-order valence-electron chi connectivity index (χ3n) is 2.89. The number of benzene rings is 1. The van der Waals surface area contributed by atoms with Gasteiger partial charge in [0.1, 0.15) is 5.75 Å². The van der Waals surface area contributed by atoms with Gasteiger partial charge in [0.2, 0.25) is 10.0 Å². The summed E-state index contributed by atoms with van der Waals surface area (Å²) >= 11 is 0. The highest BCUT2D eigenvalue weighted by Crippen LogP contribution is 2.27. The van der Waals surface area contributed by atoms with Crippen molar-refractivity contribution < 1.29 is 13.2 Å². The van der Waals surface area contributed by atoms with Crippen molar-refractivity contribution in [3.05, 3.63) is 23.8 Å². The van der Waals surface area contributed by atoms with Gasteiger partial charge in [0.15, 0.2) is 0 Å². The van der Waals surface area contributed by atoms with E-state index in [0.717, 1.165) is 30.6 Å². The van der Waals surface area contributed by atoms with Gasteiger partial charge in [0.25, 0.3) is 0 Å². The smallest absolute Gasteiger partial charge is 0.240 e. The Hall–Kier alpha value is -0.820. The lowest BCUT2D eigenvalue weighted by molar-refractivity contribution is 0.356. The van der Waals surface area contributed by atoms with Crippen LogP contribution in [0.1, 0.15) is 18.4 Å². The van der Waals surface area contributed by atoms with Crippen molar-refractivity contribution in [3.8, 4) is 5.75 Å². The first-order chi connectivity index (χ1) is 8.63. The van der Waals surface area contributed by atoms with Crippen LogP contribution < -0.4 is 15.2 Å². The standard InChI is InChI=1S/C12H18N2O3S.ClH/c13-6-1-2-7-14-18(15,16)11-3-4-12-10(9-11)5-8-17-12;/h3-4,9,14H,1-2,5-8,13H2;1H. The number of nitrogens with two attached hydrogens (primary N) is 1. The fraction of sp³-hybridized carbons (Fsp3) is 0.500. The zero-order valence-corrected chi connectivity index (χ0v) is 12.2. The van der Waals surface area contributed by atoms with E-state index in [1.54, 1.807) is 18.2 Å². The SMILES string of the molecule is Cl.NCCCCNS(=O)(=O)c1ccc2c(c1)CCO2. The van der Waals surface area contributed by atoms with Gasteiger partial charge in [0.05, 0.1) is 11.5 Å². The molecule has 108 valence electrons. The molecule has 2 rings (SSSR count). The Morgan fingerprint density at radius 1 is 1.32 bits per heavy atom. The molecule has 1 aromatic carbocycles. The van der Waals surface area contributed by atoms with Gasteiger partial charge in [-0.25, -0.2) is 13.1 Å². The average molecular weight is 307 g/mol. The maximum absolute atomic E-state index is 12.0. The van der Waals surface area contributed by atoms with Gasteiger partial charge in [-0.05, 0) is 43.1 Å². The normalized spacial score (nSPS) is 13.5. The van der Waals surface area contributed by atoms with Crippen LogP contribution in [0.3, 0.4) is 0 Å². The lowest BCUT2D eigenvalue weighted by Crippen LogP contribution is -2.25. The second kappa shape index (κ2) is 7.09. The average Bonchev–Trinajstić information content (AvgIpc) is 2.82. The summed E-state index contributed by atoms with van der Waals surface area (Å²) in [5.41, 5.74) is 6.32. The van der Waals surface area contributed by atoms with E-state index < -0.39 is 10.0 Å². The molecule has 19 heavy (non-hydrogen) atoms. The second-order valence-electron chi connectivity index (χ2n) is 4.26. The Bertz CT molecular complexity index is 520. The van der Waals surface area contributed by atoms with Crippen molar-refractivity contribution in [2.24, 2.45) is 5.73 Å². The molecule has 0 aliphatic carbocycles. The molecule has 1 aliphatic heterocycles. The van der Waals surface area contributed by atoms with E-state index in [1.165, 1.54) is 0 Å². The molecule has 1 heterocycles. The lowest BCUT2D eigenvalue weighted by atomic mass is 10.2. The molecule has 0 radical (unpaired) electrons. The molecule has 3 N–H and O–H groups in total. The highest BCUT2D eigenvalue weighted by atomic mass is 35.5. The van der Waals surface area contributed by atoms with Crippen molar-refractivity contribution in [1.82, 2.24) is 4.72 Å². The summed E-state index contributed by atoms with van der Waals surface area (Å²) in [5.74, 6) is 0.789. The van der Waals surface area contributed by atoms with Crippen molar-refractivity contribution in [2.45, 2.75) is 24.2 Å². The van der Waals surface area contributed by atoms with Gasteiger partial charge < -0.3 is 10.5 Å². The number of sulfonamides is 1. The van der Waals surface area contributed by atoms with E-state index in [4.69, 9.17) is 10.5 Å². The molecule has 0 spiro atoms. The van der Waals surface area contributed by atoms with E-state index in [1.807, 2.05) is 0 Å². The molecule has 0 fully saturated rings. The Morgan fingerprint density at radius 3 is 2.84 bits per heavy atom. The number of fused-ring (bicyclic) bond motifs is 1. The van der Waals surface area contributed by atoms with Crippen LogP contribution in [-0.2, 0) is 16.4 Å². The van der Waals surface area contributed by atoms with Crippen LogP contribution in [-0.4, -0.2) is 28.1 Å². The van der Waals surface area contributed by atoms with Crippen LogP contribution in [0, 0.1) is 0 Å². The summed E-state index contributed by atoms with van der Waals surface area (Å²) in [6.07, 6.45) is 2.34. The van der Waals surface area contributed by atoms with E-state index in [2.05, 4.69) is 4.72 Å². The Labute approximate surface area is 120 Å². The highest BCUT2D eigenvalue weighted by molar-refractivity contribution is 7.89. The van der Waals surface area contributed by atoms with Gasteiger partial charge in [-0.2, -0.15) is 0 Å². The number of halogens is 1. The molecule has 0 unspecified atom stereocenters. The van der Waals surface area contributed by atoms with Crippen molar-refractivity contribution in [3.63, 3.8) is 0 Å². The Morgan fingerprint density at radius 2 is 2.11 bits per heavy atom. The molecule has 1 aliphatic rings. The van der Waals surface area contributed by atoms with Crippen LogP contribution in [0.2, 0.25) is 0 Å². The molecule has 0 amide bonds. The molecular weight excluding hydrogens is 288 g/mol. The van der Waals surface area contributed by atoms with Crippen LogP contribution >= 0.6 is 12.4 Å². The van der Waals surface area contributed by atoms with Crippen LogP contribution in [0.15, 0.2) is 23.1 Å². The predicted octanol–water partition coefficient (Wildman–Crippen LogP) is 1.06. The maximum atomic E-state index is 12.0. The van der Waals surface area contributed by atoms with Crippen LogP contribution in [0.4, 0.5) is 0 Å². The molecule has 5 nitrogen and oxygen atoms in total. The number of ether oxygens (including phenoxy) is 1. The molecule has 7 heteroatoms. The van der Waals surface area contributed by atoms with Gasteiger partial charge in [-0.1, -0.05) is 0 Å². The summed E-state index contributed by atoms with van der Waals surface area (Å²) in [5, 5.41) is 0. The number of nitrogens with one attached hydrogen (secondary N) is 1. The van der Waals surface area contributed by atoms with Crippen LogP contribution in [0.25, 0.3) is 0 Å². The monoisotopic (exact) mass is 306 g/mol. The number of hydrogen-bond acceptors (Lipinski definition) is 4. The van der Waals surface area contributed by atoms with Gasteiger partial charge >= 0.3 is 0 Å². The zero-order valence-electron chi connectivity index (χ0n) is 10.6. The Kier molecular flexibility index (Phi) is 6.06. The fourth-order valence-electron chi connectivity index (χ4n) is 1.89. The van der Waals surface area contributed by atoms with Crippen molar-refractivity contribution in [1.29, 1.82) is 0 Å². The minimum atomic E-state index is -3.41. The minimum absolute atomic E-state index is 0. The molecule has 0 atom stereocenters. The molecule has 0 aromatic heterocycles. The second-order valence-corrected chi connectivity index (χ2v) is 6.03. The molecule has 0 bridgehead atoms. The first kappa shape index (κ1) is 16.2.